The van der Waals surface area contributed by atoms with Gasteiger partial charge in [0.25, 0.3) is 0 Å². The van der Waals surface area contributed by atoms with Crippen LogP contribution < -0.4 is 14.2 Å². The molecular formula is C50H38O5S. The van der Waals surface area contributed by atoms with Gasteiger partial charge in [0.15, 0.2) is 11.5 Å². The highest BCUT2D eigenvalue weighted by molar-refractivity contribution is 8.30. The molecular weight excluding hydrogens is 713 g/mol. The molecule has 0 saturated heterocycles. The van der Waals surface area contributed by atoms with Crippen molar-refractivity contribution in [1.82, 2.24) is 0 Å². The summed E-state index contributed by atoms with van der Waals surface area (Å²) in [6.45, 7) is 2.06. The van der Waals surface area contributed by atoms with Gasteiger partial charge in [-0.15, -0.1) is 0 Å². The van der Waals surface area contributed by atoms with E-state index in [0.717, 1.165) is 25.8 Å². The normalized spacial score (nSPS) is 11.3. The zero-order valence-electron chi connectivity index (χ0n) is 30.7. The summed E-state index contributed by atoms with van der Waals surface area (Å²) >= 11 is 0. The molecule has 0 atom stereocenters. The van der Waals surface area contributed by atoms with Crippen molar-refractivity contribution < 1.29 is 23.2 Å². The molecule has 0 aromatic heterocycles. The monoisotopic (exact) mass is 750 g/mol. The number of benzene rings is 8. The zero-order chi connectivity index (χ0) is 38.2. The van der Waals surface area contributed by atoms with Gasteiger partial charge in [-0.1, -0.05) is 140 Å². The number of ether oxygens (including phenoxy) is 3. The quantitative estimate of drug-likeness (QED) is 0.124. The first-order valence-corrected chi connectivity index (χ1v) is 19.8. The number of hydrogen-bond donors (Lipinski definition) is 0. The number of rotatable bonds is 12. The first-order valence-electron chi connectivity index (χ1n) is 18.3. The predicted molar refractivity (Wildman–Crippen MR) is 223 cm³/mol. The maximum absolute atomic E-state index is 15.6. The SMILES string of the molecule is Cc1ccccc1S(OC(=O)c1cc(Oc2ccccc2)c(Oc2ccccc2)c(Oc2ccccc2)c1-c1ccccc1)(c1ccccc1)c1ccccc1. The van der Waals surface area contributed by atoms with Gasteiger partial charge < -0.3 is 18.4 Å². The third-order valence-corrected chi connectivity index (χ3v) is 12.5. The highest BCUT2D eigenvalue weighted by Gasteiger charge is 2.39. The van der Waals surface area contributed by atoms with Gasteiger partial charge in [0.1, 0.15) is 17.2 Å². The predicted octanol–water partition coefficient (Wildman–Crippen LogP) is 14.1. The fourth-order valence-electron chi connectivity index (χ4n) is 6.56. The minimum Gasteiger partial charge on any atom is -0.453 e. The Labute approximate surface area is 328 Å². The second kappa shape index (κ2) is 16.6. The molecule has 8 rings (SSSR count). The van der Waals surface area contributed by atoms with Gasteiger partial charge >= 0.3 is 5.97 Å². The van der Waals surface area contributed by atoms with E-state index >= 15 is 4.79 Å². The molecule has 0 fully saturated rings. The first kappa shape index (κ1) is 36.0. The molecule has 0 aliphatic rings. The third-order valence-electron chi connectivity index (χ3n) is 9.14. The number of carbonyl (C=O) groups is 1. The van der Waals surface area contributed by atoms with Crippen LogP contribution in [0.25, 0.3) is 11.1 Å². The van der Waals surface area contributed by atoms with Gasteiger partial charge in [0.2, 0.25) is 5.75 Å². The van der Waals surface area contributed by atoms with Crippen molar-refractivity contribution in [1.29, 1.82) is 0 Å². The van der Waals surface area contributed by atoms with E-state index in [2.05, 4.69) is 19.1 Å². The summed E-state index contributed by atoms with van der Waals surface area (Å²) in [5.74, 6) is 1.97. The minimum atomic E-state index is -2.67. The van der Waals surface area contributed by atoms with Crippen LogP contribution in [0.4, 0.5) is 0 Å². The molecule has 0 N–H and O–H groups in total. The number of hydrogen-bond acceptors (Lipinski definition) is 5. The molecule has 0 saturated carbocycles. The van der Waals surface area contributed by atoms with Crippen molar-refractivity contribution in [3.63, 3.8) is 0 Å². The molecule has 6 heteroatoms. The Morgan fingerprint density at radius 1 is 0.446 bits per heavy atom. The summed E-state index contributed by atoms with van der Waals surface area (Å²) < 4.78 is 27.4. The van der Waals surface area contributed by atoms with Crippen LogP contribution in [0.1, 0.15) is 15.9 Å². The van der Waals surface area contributed by atoms with E-state index in [1.807, 2.05) is 194 Å². The van der Waals surface area contributed by atoms with Crippen LogP contribution in [0.15, 0.2) is 227 Å². The van der Waals surface area contributed by atoms with E-state index in [1.54, 1.807) is 6.07 Å². The average molecular weight is 751 g/mol. The molecule has 0 aliphatic heterocycles. The fraction of sp³-hybridized carbons (Fsp3) is 0.0200. The van der Waals surface area contributed by atoms with Gasteiger partial charge in [-0.25, -0.2) is 4.79 Å². The number of aryl methyl sites for hydroxylation is 1. The van der Waals surface area contributed by atoms with Gasteiger partial charge in [-0.2, -0.15) is 0 Å². The van der Waals surface area contributed by atoms with Crippen LogP contribution in [-0.2, 0) is 4.18 Å². The molecule has 0 radical (unpaired) electrons. The van der Waals surface area contributed by atoms with E-state index in [9.17, 15) is 0 Å². The molecule has 0 unspecified atom stereocenters. The topological polar surface area (TPSA) is 54.0 Å². The van der Waals surface area contributed by atoms with Crippen LogP contribution >= 0.6 is 10.3 Å². The molecule has 0 aliphatic carbocycles. The lowest BCUT2D eigenvalue weighted by Gasteiger charge is -2.40. The van der Waals surface area contributed by atoms with Crippen molar-refractivity contribution in [3.05, 3.63) is 223 Å². The van der Waals surface area contributed by atoms with E-state index in [0.29, 0.717) is 34.3 Å². The molecule has 274 valence electrons. The van der Waals surface area contributed by atoms with Crippen LogP contribution in [-0.4, -0.2) is 5.97 Å². The summed E-state index contributed by atoms with van der Waals surface area (Å²) in [5.41, 5.74) is 2.46. The van der Waals surface area contributed by atoms with Crippen LogP contribution in [0.3, 0.4) is 0 Å². The number of para-hydroxylation sites is 3. The lowest BCUT2D eigenvalue weighted by atomic mass is 9.97. The Morgan fingerprint density at radius 3 is 1.36 bits per heavy atom. The second-order valence-corrected chi connectivity index (χ2v) is 15.5. The van der Waals surface area contributed by atoms with Gasteiger partial charge in [-0.3, -0.25) is 0 Å². The van der Waals surface area contributed by atoms with E-state index < -0.39 is 16.3 Å². The molecule has 0 bridgehead atoms. The highest BCUT2D eigenvalue weighted by Crippen LogP contribution is 2.70. The average Bonchev–Trinajstić information content (AvgIpc) is 3.26. The second-order valence-electron chi connectivity index (χ2n) is 12.9. The Bertz CT molecular complexity index is 2490. The van der Waals surface area contributed by atoms with Gasteiger partial charge in [0, 0.05) is 26.3 Å². The summed E-state index contributed by atoms with van der Waals surface area (Å²) in [7, 11) is -2.67. The highest BCUT2D eigenvalue weighted by atomic mass is 32.3. The third kappa shape index (κ3) is 7.51. The standard InChI is InChI=1S/C50H38O5S/c1-37-22-20-21-35-46(37)56(42-31-16-6-17-32-42,43-33-18-7-19-34-43)55-50(51)44-36-45(52-39-25-10-3-11-26-39)48(53-40-27-12-4-13-28-40)49(54-41-29-14-5-15-30-41)47(44)38-23-8-2-9-24-38/h2-36H,1H3. The Balaban J connectivity index is 1.42. The van der Waals surface area contributed by atoms with Crippen molar-refractivity contribution in [2.45, 2.75) is 21.6 Å². The van der Waals surface area contributed by atoms with E-state index in [-0.39, 0.29) is 11.3 Å². The summed E-state index contributed by atoms with van der Waals surface area (Å²) in [5, 5.41) is 0. The summed E-state index contributed by atoms with van der Waals surface area (Å²) in [6.07, 6.45) is 0. The van der Waals surface area contributed by atoms with Crippen molar-refractivity contribution >= 4 is 16.3 Å². The number of carbonyl (C=O) groups excluding carboxylic acids is 1. The molecule has 0 amide bonds. The zero-order valence-corrected chi connectivity index (χ0v) is 31.5. The van der Waals surface area contributed by atoms with Gasteiger partial charge in [0.05, 0.1) is 5.56 Å². The first-order chi connectivity index (χ1) is 27.6. The molecule has 56 heavy (non-hydrogen) atoms. The smallest absolute Gasteiger partial charge is 0.350 e. The molecule has 5 nitrogen and oxygen atoms in total. The van der Waals surface area contributed by atoms with Gasteiger partial charge in [-0.05, 0) is 95.1 Å². The largest absolute Gasteiger partial charge is 0.453 e. The lowest BCUT2D eigenvalue weighted by Crippen LogP contribution is -2.16. The summed E-state index contributed by atoms with van der Waals surface area (Å²) in [4.78, 5) is 18.3. The molecule has 0 heterocycles. The van der Waals surface area contributed by atoms with Crippen molar-refractivity contribution in [3.8, 4) is 45.6 Å². The van der Waals surface area contributed by atoms with E-state index in [1.165, 1.54) is 0 Å². The van der Waals surface area contributed by atoms with Crippen LogP contribution in [0.5, 0.6) is 34.5 Å². The Kier molecular flexibility index (Phi) is 10.6. The summed E-state index contributed by atoms with van der Waals surface area (Å²) in [6, 6.07) is 67.8. The Hall–Kier alpha value is -7.02. The van der Waals surface area contributed by atoms with Crippen molar-refractivity contribution in [2.24, 2.45) is 0 Å². The lowest BCUT2D eigenvalue weighted by molar-refractivity contribution is 0.0757. The van der Waals surface area contributed by atoms with Crippen LogP contribution in [0.2, 0.25) is 0 Å². The Morgan fingerprint density at radius 2 is 0.857 bits per heavy atom. The minimum absolute atomic E-state index is 0.241. The molecule has 8 aromatic carbocycles. The maximum atomic E-state index is 15.6. The molecule has 0 spiro atoms. The van der Waals surface area contributed by atoms with Crippen molar-refractivity contribution in [2.75, 3.05) is 0 Å². The maximum Gasteiger partial charge on any atom is 0.350 e. The van der Waals surface area contributed by atoms with Crippen LogP contribution in [0, 0.1) is 6.92 Å². The fourth-order valence-corrected chi connectivity index (χ4v) is 9.81. The molecule has 8 aromatic rings. The van der Waals surface area contributed by atoms with E-state index in [4.69, 9.17) is 18.4 Å².